The van der Waals surface area contributed by atoms with Crippen LogP contribution in [0.2, 0.25) is 5.02 Å². The van der Waals surface area contributed by atoms with E-state index in [0.717, 1.165) is 5.56 Å². The lowest BCUT2D eigenvalue weighted by Crippen LogP contribution is -2.39. The largest absolute Gasteiger partial charge is 0.494 e. The first-order chi connectivity index (χ1) is 17.4. The summed E-state index contributed by atoms with van der Waals surface area (Å²) < 4.78 is 18.8. The van der Waals surface area contributed by atoms with E-state index in [9.17, 15) is 14.0 Å². The third-order valence-corrected chi connectivity index (χ3v) is 6.43. The van der Waals surface area contributed by atoms with E-state index < -0.39 is 6.04 Å². The smallest absolute Gasteiger partial charge is 0.256 e. The Morgan fingerprint density at radius 3 is 2.53 bits per heavy atom. The highest BCUT2D eigenvalue weighted by Crippen LogP contribution is 2.29. The Labute approximate surface area is 219 Å². The number of rotatable bonds is 9. The average Bonchev–Trinajstić information content (AvgIpc) is 3.08. The molecule has 9 heteroatoms. The highest BCUT2D eigenvalue weighted by atomic mass is 35.5. The van der Waals surface area contributed by atoms with Gasteiger partial charge < -0.3 is 15.0 Å². The first kappa shape index (κ1) is 25.6. The van der Waals surface area contributed by atoms with Crippen LogP contribution in [0.15, 0.2) is 72.8 Å². The minimum absolute atomic E-state index is 0.0919. The fourth-order valence-corrected chi connectivity index (χ4v) is 4.57. The maximum atomic E-state index is 13.5. The summed E-state index contributed by atoms with van der Waals surface area (Å²) in [6.45, 7) is 2.78. The molecular weight excluding hydrogens is 501 g/mol. The lowest BCUT2D eigenvalue weighted by atomic mass is 10.1. The molecule has 0 aromatic heterocycles. The predicted molar refractivity (Wildman–Crippen MR) is 143 cm³/mol. The van der Waals surface area contributed by atoms with Crippen molar-refractivity contribution in [2.75, 3.05) is 23.4 Å². The quantitative estimate of drug-likeness (QED) is 0.376. The molecule has 1 N–H and O–H groups in total. The van der Waals surface area contributed by atoms with Crippen LogP contribution in [0.25, 0.3) is 0 Å². The summed E-state index contributed by atoms with van der Waals surface area (Å²) in [6.07, 6.45) is 0.433. The average molecular weight is 526 g/mol. The number of anilines is 2. The molecule has 186 valence electrons. The Morgan fingerprint density at radius 2 is 1.83 bits per heavy atom. The van der Waals surface area contributed by atoms with Crippen LogP contribution in [-0.2, 0) is 16.0 Å². The van der Waals surface area contributed by atoms with Crippen LogP contribution >= 0.6 is 23.8 Å². The van der Waals surface area contributed by atoms with E-state index in [2.05, 4.69) is 5.32 Å². The molecule has 4 rings (SSSR count). The summed E-state index contributed by atoms with van der Waals surface area (Å²) in [5.41, 5.74) is 2.05. The molecule has 0 aliphatic carbocycles. The Kier molecular flexibility index (Phi) is 8.18. The van der Waals surface area contributed by atoms with Gasteiger partial charge in [0.05, 0.1) is 18.7 Å². The van der Waals surface area contributed by atoms with Crippen molar-refractivity contribution in [2.24, 2.45) is 0 Å². The molecule has 3 aromatic rings. The fraction of sp³-hybridized carbons (Fsp3) is 0.222. The van der Waals surface area contributed by atoms with Gasteiger partial charge in [-0.15, -0.1) is 0 Å². The molecular formula is C27H25ClFN3O3S. The first-order valence-corrected chi connectivity index (χ1v) is 12.3. The molecule has 1 aliphatic heterocycles. The number of hydrogen-bond acceptors (Lipinski definition) is 4. The van der Waals surface area contributed by atoms with Crippen molar-refractivity contribution in [2.45, 2.75) is 25.8 Å². The van der Waals surface area contributed by atoms with E-state index in [1.165, 1.54) is 17.0 Å². The van der Waals surface area contributed by atoms with Gasteiger partial charge in [0.15, 0.2) is 5.11 Å². The molecule has 0 spiro atoms. The summed E-state index contributed by atoms with van der Waals surface area (Å²) in [6, 6.07) is 19.3. The number of carbonyl (C=O) groups is 2. The SMILES string of the molecule is CCOc1cccc(NC(=O)C[C@H]2C(=O)N(c3ccc(Cl)cc3)C(=S)N2CCc2ccc(F)cc2)c1. The van der Waals surface area contributed by atoms with Crippen molar-refractivity contribution in [3.8, 4) is 5.75 Å². The number of carbonyl (C=O) groups excluding carboxylic acids is 2. The first-order valence-electron chi connectivity index (χ1n) is 11.5. The van der Waals surface area contributed by atoms with Crippen LogP contribution in [0, 0.1) is 5.82 Å². The van der Waals surface area contributed by atoms with Crippen molar-refractivity contribution in [3.05, 3.63) is 89.2 Å². The molecule has 36 heavy (non-hydrogen) atoms. The van der Waals surface area contributed by atoms with E-state index in [1.54, 1.807) is 65.6 Å². The summed E-state index contributed by atoms with van der Waals surface area (Å²) in [4.78, 5) is 29.7. The standard InChI is InChI=1S/C27H25ClFN3O3S/c1-2-35-23-5-3-4-21(16-23)30-25(33)17-24-26(34)32(22-12-8-19(28)9-13-22)27(36)31(24)15-14-18-6-10-20(29)11-7-18/h3-13,16,24H,2,14-15,17H2,1H3,(H,30,33)/t24-/m0/s1. The molecule has 0 saturated carbocycles. The van der Waals surface area contributed by atoms with Crippen molar-refractivity contribution in [3.63, 3.8) is 0 Å². The second-order valence-corrected chi connectivity index (χ2v) is 9.03. The number of hydrogen-bond donors (Lipinski definition) is 1. The topological polar surface area (TPSA) is 61.9 Å². The van der Waals surface area contributed by atoms with Crippen molar-refractivity contribution in [1.29, 1.82) is 0 Å². The van der Waals surface area contributed by atoms with Crippen LogP contribution in [0.5, 0.6) is 5.75 Å². The molecule has 0 unspecified atom stereocenters. The zero-order valence-corrected chi connectivity index (χ0v) is 21.2. The van der Waals surface area contributed by atoms with Crippen LogP contribution in [-0.4, -0.2) is 41.0 Å². The summed E-state index contributed by atoms with van der Waals surface area (Å²) >= 11 is 11.7. The van der Waals surface area contributed by atoms with Gasteiger partial charge in [-0.25, -0.2) is 4.39 Å². The van der Waals surface area contributed by atoms with Crippen LogP contribution in [0.3, 0.4) is 0 Å². The number of nitrogens with zero attached hydrogens (tertiary/aromatic N) is 2. The molecule has 2 amide bonds. The van der Waals surface area contributed by atoms with Crippen LogP contribution in [0.1, 0.15) is 18.9 Å². The maximum absolute atomic E-state index is 13.5. The highest BCUT2D eigenvalue weighted by molar-refractivity contribution is 7.80. The van der Waals surface area contributed by atoms with Crippen molar-refractivity contribution < 1.29 is 18.7 Å². The molecule has 6 nitrogen and oxygen atoms in total. The number of amides is 2. The van der Waals surface area contributed by atoms with E-state index in [0.29, 0.717) is 46.8 Å². The molecule has 1 saturated heterocycles. The van der Waals surface area contributed by atoms with Gasteiger partial charge in [-0.1, -0.05) is 29.8 Å². The Balaban J connectivity index is 1.54. The van der Waals surface area contributed by atoms with Crippen molar-refractivity contribution in [1.82, 2.24) is 4.90 Å². The lowest BCUT2D eigenvalue weighted by molar-refractivity contribution is -0.124. The second kappa shape index (κ2) is 11.5. The predicted octanol–water partition coefficient (Wildman–Crippen LogP) is 5.45. The fourth-order valence-electron chi connectivity index (χ4n) is 4.03. The number of halogens is 2. The van der Waals surface area contributed by atoms with Crippen LogP contribution in [0.4, 0.5) is 15.8 Å². The van der Waals surface area contributed by atoms with E-state index in [-0.39, 0.29) is 24.1 Å². The van der Waals surface area contributed by atoms with Gasteiger partial charge in [0.2, 0.25) is 5.91 Å². The third-order valence-electron chi connectivity index (χ3n) is 5.77. The monoisotopic (exact) mass is 525 g/mol. The summed E-state index contributed by atoms with van der Waals surface area (Å²) in [5.74, 6) is -0.292. The second-order valence-electron chi connectivity index (χ2n) is 8.23. The lowest BCUT2D eigenvalue weighted by Gasteiger charge is -2.24. The van der Waals surface area contributed by atoms with Gasteiger partial charge in [-0.3, -0.25) is 14.5 Å². The molecule has 3 aromatic carbocycles. The van der Waals surface area contributed by atoms with Gasteiger partial charge in [-0.05, 0) is 79.7 Å². The highest BCUT2D eigenvalue weighted by Gasteiger charge is 2.43. The zero-order valence-electron chi connectivity index (χ0n) is 19.6. The molecule has 0 radical (unpaired) electrons. The zero-order chi connectivity index (χ0) is 25.7. The Hall–Kier alpha value is -3.49. The maximum Gasteiger partial charge on any atom is 0.256 e. The van der Waals surface area contributed by atoms with Gasteiger partial charge in [0.25, 0.3) is 5.91 Å². The summed E-state index contributed by atoms with van der Waals surface area (Å²) in [5, 5.41) is 3.69. The van der Waals surface area contributed by atoms with Gasteiger partial charge >= 0.3 is 0 Å². The molecule has 1 atom stereocenters. The van der Waals surface area contributed by atoms with E-state index in [4.69, 9.17) is 28.6 Å². The normalized spacial score (nSPS) is 15.4. The van der Waals surface area contributed by atoms with Crippen LogP contribution < -0.4 is 15.0 Å². The number of nitrogens with one attached hydrogen (secondary N) is 1. The molecule has 0 bridgehead atoms. The minimum Gasteiger partial charge on any atom is -0.494 e. The van der Waals surface area contributed by atoms with Gasteiger partial charge in [0.1, 0.15) is 17.6 Å². The minimum atomic E-state index is -0.788. The molecule has 1 fully saturated rings. The van der Waals surface area contributed by atoms with Gasteiger partial charge in [-0.2, -0.15) is 0 Å². The van der Waals surface area contributed by atoms with Gasteiger partial charge in [0, 0.05) is 23.3 Å². The number of ether oxygens (including phenoxy) is 1. The Morgan fingerprint density at radius 1 is 1.11 bits per heavy atom. The molecule has 1 heterocycles. The number of thiocarbonyl (C=S) groups is 1. The van der Waals surface area contributed by atoms with E-state index >= 15 is 0 Å². The molecule has 1 aliphatic rings. The number of benzene rings is 3. The third kappa shape index (κ3) is 6.01. The Bertz CT molecular complexity index is 1250. The van der Waals surface area contributed by atoms with E-state index in [1.807, 2.05) is 6.92 Å². The summed E-state index contributed by atoms with van der Waals surface area (Å²) in [7, 11) is 0. The van der Waals surface area contributed by atoms with Crippen molar-refractivity contribution >= 4 is 52.1 Å².